The lowest BCUT2D eigenvalue weighted by Crippen LogP contribution is -2.25. The number of rotatable bonds is 6. The van der Waals surface area contributed by atoms with E-state index in [2.05, 4.69) is 31.7 Å². The normalized spacial score (nSPS) is 11.0. The van der Waals surface area contributed by atoms with Crippen LogP contribution >= 0.6 is 11.8 Å². The van der Waals surface area contributed by atoms with Crippen LogP contribution in [0.1, 0.15) is 19.4 Å². The molecule has 0 aromatic heterocycles. The van der Waals surface area contributed by atoms with Gasteiger partial charge in [-0.1, -0.05) is 13.8 Å². The Morgan fingerprint density at radius 2 is 1.94 bits per heavy atom. The Morgan fingerprint density at radius 1 is 1.25 bits per heavy atom. The summed E-state index contributed by atoms with van der Waals surface area (Å²) in [5.41, 5.74) is 7.86. The quantitative estimate of drug-likeness (QED) is 0.610. The fourth-order valence-corrected chi connectivity index (χ4v) is 2.68. The van der Waals surface area contributed by atoms with Crippen LogP contribution in [0.2, 0.25) is 0 Å². The maximum atomic E-state index is 5.73. The highest BCUT2D eigenvalue weighted by molar-refractivity contribution is 7.99. The van der Waals surface area contributed by atoms with Crippen molar-refractivity contribution in [2.45, 2.75) is 25.7 Å². The van der Waals surface area contributed by atoms with Crippen molar-refractivity contribution in [1.29, 1.82) is 0 Å². The summed E-state index contributed by atoms with van der Waals surface area (Å²) >= 11 is 1.92. The summed E-state index contributed by atoms with van der Waals surface area (Å²) in [5, 5.41) is 0. The van der Waals surface area contributed by atoms with Gasteiger partial charge >= 0.3 is 0 Å². The number of anilines is 1. The largest absolute Gasteiger partial charge is 0.399 e. The second kappa shape index (κ2) is 6.81. The average molecular weight is 238 g/mol. The first-order chi connectivity index (χ1) is 7.67. The van der Waals surface area contributed by atoms with Crippen molar-refractivity contribution in [1.82, 2.24) is 4.90 Å². The van der Waals surface area contributed by atoms with E-state index in [0.717, 1.165) is 31.1 Å². The first-order valence-electron chi connectivity index (χ1n) is 5.88. The van der Waals surface area contributed by atoms with E-state index in [-0.39, 0.29) is 0 Å². The van der Waals surface area contributed by atoms with Crippen molar-refractivity contribution in [2.75, 3.05) is 31.1 Å². The third kappa shape index (κ3) is 4.06. The molecule has 2 N–H and O–H groups in total. The molecule has 1 aromatic rings. The van der Waals surface area contributed by atoms with Crippen LogP contribution in [0.3, 0.4) is 0 Å². The highest BCUT2D eigenvalue weighted by Crippen LogP contribution is 2.23. The molecule has 0 saturated heterocycles. The Bertz CT molecular complexity index is 322. The number of hydrogen-bond acceptors (Lipinski definition) is 3. The lowest BCUT2D eigenvalue weighted by atomic mass is 10.2. The molecule has 0 amide bonds. The van der Waals surface area contributed by atoms with Crippen LogP contribution in [0, 0.1) is 6.92 Å². The van der Waals surface area contributed by atoms with Crippen LogP contribution in [0.15, 0.2) is 23.1 Å². The van der Waals surface area contributed by atoms with Crippen LogP contribution in [0.25, 0.3) is 0 Å². The van der Waals surface area contributed by atoms with Crippen LogP contribution in [0.4, 0.5) is 5.69 Å². The molecule has 16 heavy (non-hydrogen) atoms. The minimum atomic E-state index is 0.852. The first kappa shape index (κ1) is 13.4. The molecule has 0 aliphatic rings. The van der Waals surface area contributed by atoms with E-state index < -0.39 is 0 Å². The summed E-state index contributed by atoms with van der Waals surface area (Å²) in [6.45, 7) is 9.97. The summed E-state index contributed by atoms with van der Waals surface area (Å²) in [6, 6.07) is 6.14. The summed E-state index contributed by atoms with van der Waals surface area (Å²) < 4.78 is 0. The molecule has 0 bridgehead atoms. The molecule has 90 valence electrons. The Labute approximate surface area is 103 Å². The first-order valence-corrected chi connectivity index (χ1v) is 6.87. The number of nitrogens with two attached hydrogens (primary N) is 1. The van der Waals surface area contributed by atoms with E-state index in [4.69, 9.17) is 5.73 Å². The zero-order valence-corrected chi connectivity index (χ0v) is 11.3. The molecule has 0 atom stereocenters. The topological polar surface area (TPSA) is 29.3 Å². The van der Waals surface area contributed by atoms with Gasteiger partial charge < -0.3 is 10.6 Å². The van der Waals surface area contributed by atoms with Crippen molar-refractivity contribution in [2.24, 2.45) is 0 Å². The molecule has 1 aromatic carbocycles. The highest BCUT2D eigenvalue weighted by Gasteiger charge is 2.02. The Kier molecular flexibility index (Phi) is 5.71. The van der Waals surface area contributed by atoms with Gasteiger partial charge in [-0.05, 0) is 43.8 Å². The molecule has 0 radical (unpaired) electrons. The van der Waals surface area contributed by atoms with Crippen molar-refractivity contribution >= 4 is 17.4 Å². The van der Waals surface area contributed by atoms with Crippen molar-refractivity contribution in [3.05, 3.63) is 23.8 Å². The molecule has 0 aliphatic heterocycles. The Hall–Kier alpha value is -0.670. The van der Waals surface area contributed by atoms with Gasteiger partial charge in [0.15, 0.2) is 0 Å². The summed E-state index contributed by atoms with van der Waals surface area (Å²) in [4.78, 5) is 3.79. The van der Waals surface area contributed by atoms with E-state index in [1.807, 2.05) is 23.9 Å². The fraction of sp³-hybridized carbons (Fsp3) is 0.538. The van der Waals surface area contributed by atoms with Gasteiger partial charge in [0.05, 0.1) is 0 Å². The van der Waals surface area contributed by atoms with Crippen molar-refractivity contribution < 1.29 is 0 Å². The van der Waals surface area contributed by atoms with E-state index in [1.165, 1.54) is 10.5 Å². The summed E-state index contributed by atoms with van der Waals surface area (Å²) in [7, 11) is 0. The van der Waals surface area contributed by atoms with Gasteiger partial charge in [-0.3, -0.25) is 0 Å². The molecule has 2 nitrogen and oxygen atoms in total. The molecular formula is C13H22N2S. The molecule has 0 fully saturated rings. The van der Waals surface area contributed by atoms with E-state index in [9.17, 15) is 0 Å². The predicted octanol–water partition coefficient (Wildman–Crippen LogP) is 3.01. The number of thioether (sulfide) groups is 1. The van der Waals surface area contributed by atoms with Crippen LogP contribution in [-0.4, -0.2) is 30.3 Å². The van der Waals surface area contributed by atoms with Crippen LogP contribution in [-0.2, 0) is 0 Å². The van der Waals surface area contributed by atoms with Crippen LogP contribution in [0.5, 0.6) is 0 Å². The molecule has 0 aliphatic carbocycles. The predicted molar refractivity (Wildman–Crippen MR) is 74.1 cm³/mol. The number of hydrogen-bond donors (Lipinski definition) is 1. The SMILES string of the molecule is CCN(CC)CCSc1ccc(N)cc1C. The number of nitrogens with zero attached hydrogens (tertiary/aromatic N) is 1. The minimum Gasteiger partial charge on any atom is -0.399 e. The standard InChI is InChI=1S/C13H22N2S/c1-4-15(5-2)8-9-16-13-7-6-12(14)10-11(13)3/h6-7,10H,4-5,8-9,14H2,1-3H3. The summed E-state index contributed by atoms with van der Waals surface area (Å²) in [6.07, 6.45) is 0. The molecule has 0 unspecified atom stereocenters. The lowest BCUT2D eigenvalue weighted by Gasteiger charge is -2.17. The van der Waals surface area contributed by atoms with Gasteiger partial charge in [0.25, 0.3) is 0 Å². The average Bonchev–Trinajstić information content (AvgIpc) is 2.27. The Morgan fingerprint density at radius 3 is 2.50 bits per heavy atom. The Balaban J connectivity index is 2.42. The van der Waals surface area contributed by atoms with E-state index >= 15 is 0 Å². The fourth-order valence-electron chi connectivity index (χ4n) is 1.66. The molecule has 0 spiro atoms. The zero-order valence-electron chi connectivity index (χ0n) is 10.5. The molecule has 0 heterocycles. The van der Waals surface area contributed by atoms with Gasteiger partial charge in [-0.2, -0.15) is 0 Å². The second-order valence-electron chi connectivity index (χ2n) is 3.90. The molecule has 3 heteroatoms. The third-order valence-corrected chi connectivity index (χ3v) is 3.91. The zero-order chi connectivity index (χ0) is 12.0. The van der Waals surface area contributed by atoms with E-state index in [1.54, 1.807) is 0 Å². The smallest absolute Gasteiger partial charge is 0.0317 e. The minimum absolute atomic E-state index is 0.852. The third-order valence-electron chi connectivity index (χ3n) is 2.76. The number of aryl methyl sites for hydroxylation is 1. The maximum absolute atomic E-state index is 5.73. The molecule has 0 saturated carbocycles. The van der Waals surface area contributed by atoms with Gasteiger partial charge in [0.2, 0.25) is 0 Å². The van der Waals surface area contributed by atoms with Gasteiger partial charge in [-0.15, -0.1) is 11.8 Å². The van der Waals surface area contributed by atoms with Crippen molar-refractivity contribution in [3.63, 3.8) is 0 Å². The molecular weight excluding hydrogens is 216 g/mol. The van der Waals surface area contributed by atoms with E-state index in [0.29, 0.717) is 0 Å². The highest BCUT2D eigenvalue weighted by atomic mass is 32.2. The summed E-state index contributed by atoms with van der Waals surface area (Å²) in [5.74, 6) is 1.15. The van der Waals surface area contributed by atoms with Gasteiger partial charge in [0, 0.05) is 22.9 Å². The maximum Gasteiger partial charge on any atom is 0.0317 e. The van der Waals surface area contributed by atoms with Gasteiger partial charge in [-0.25, -0.2) is 0 Å². The molecule has 1 rings (SSSR count). The number of nitrogen functional groups attached to an aromatic ring is 1. The van der Waals surface area contributed by atoms with Crippen molar-refractivity contribution in [3.8, 4) is 0 Å². The monoisotopic (exact) mass is 238 g/mol. The van der Waals surface area contributed by atoms with Crippen LogP contribution < -0.4 is 5.73 Å². The number of benzene rings is 1. The van der Waals surface area contributed by atoms with Gasteiger partial charge in [0.1, 0.15) is 0 Å². The lowest BCUT2D eigenvalue weighted by molar-refractivity contribution is 0.324. The second-order valence-corrected chi connectivity index (χ2v) is 5.04.